The first kappa shape index (κ1) is 18.3. The van der Waals surface area contributed by atoms with E-state index in [0.717, 1.165) is 38.3 Å². The zero-order valence-corrected chi connectivity index (χ0v) is 15.1. The largest absolute Gasteiger partial charge is 0.382 e. The minimum absolute atomic E-state index is 0.395. The van der Waals surface area contributed by atoms with Crippen LogP contribution in [0.15, 0.2) is 0 Å². The Balaban J connectivity index is 2.14. The topological polar surface area (TPSA) is 18.5 Å². The molecule has 2 rings (SSSR count). The summed E-state index contributed by atoms with van der Waals surface area (Å²) in [6.07, 6.45) is 15.5. The van der Waals surface area contributed by atoms with Crippen molar-refractivity contribution in [1.29, 1.82) is 0 Å². The van der Waals surface area contributed by atoms with Crippen LogP contribution in [0.2, 0.25) is 0 Å². The predicted molar refractivity (Wildman–Crippen MR) is 93.2 cm³/mol. The number of ether oxygens (including phenoxy) is 2. The van der Waals surface area contributed by atoms with Crippen LogP contribution in [0.3, 0.4) is 0 Å². The molecule has 130 valence electrons. The van der Waals surface area contributed by atoms with Gasteiger partial charge in [-0.15, -0.1) is 0 Å². The molecule has 0 bridgehead atoms. The summed E-state index contributed by atoms with van der Waals surface area (Å²) in [6, 6.07) is 0. The quantitative estimate of drug-likeness (QED) is 0.516. The Kier molecular flexibility index (Phi) is 8.24. The van der Waals surface area contributed by atoms with E-state index in [0.29, 0.717) is 5.41 Å². The molecular formula is C20H38O2. The highest BCUT2D eigenvalue weighted by Gasteiger charge is 2.45. The van der Waals surface area contributed by atoms with Crippen molar-refractivity contribution in [2.45, 2.75) is 84.5 Å². The Morgan fingerprint density at radius 2 is 1.23 bits per heavy atom. The Hall–Kier alpha value is -0.0800. The average molecular weight is 311 g/mol. The second-order valence-corrected chi connectivity index (χ2v) is 7.49. The van der Waals surface area contributed by atoms with Gasteiger partial charge < -0.3 is 9.47 Å². The van der Waals surface area contributed by atoms with E-state index >= 15 is 0 Å². The number of hydrogen-bond acceptors (Lipinski definition) is 2. The van der Waals surface area contributed by atoms with Gasteiger partial charge >= 0.3 is 0 Å². The molecule has 22 heavy (non-hydrogen) atoms. The summed E-state index contributed by atoms with van der Waals surface area (Å²) in [5.41, 5.74) is 0.395. The first-order chi connectivity index (χ1) is 10.8. The van der Waals surface area contributed by atoms with Crippen LogP contribution in [-0.2, 0) is 9.47 Å². The molecule has 2 aliphatic carbocycles. The van der Waals surface area contributed by atoms with Gasteiger partial charge in [0.1, 0.15) is 0 Å². The molecule has 0 spiro atoms. The molecular weight excluding hydrogens is 272 g/mol. The Morgan fingerprint density at radius 1 is 0.727 bits per heavy atom. The Labute approximate surface area is 138 Å². The van der Waals surface area contributed by atoms with E-state index in [1.165, 1.54) is 70.6 Å². The highest BCUT2D eigenvalue weighted by molar-refractivity contribution is 4.94. The maximum Gasteiger partial charge on any atom is 0.0528 e. The zero-order valence-electron chi connectivity index (χ0n) is 15.1. The fourth-order valence-corrected chi connectivity index (χ4v) is 5.10. The lowest BCUT2D eigenvalue weighted by Gasteiger charge is -2.49. The minimum Gasteiger partial charge on any atom is -0.382 e. The van der Waals surface area contributed by atoms with Gasteiger partial charge in [0.15, 0.2) is 0 Å². The highest BCUT2D eigenvalue weighted by Crippen LogP contribution is 2.51. The second kappa shape index (κ2) is 9.93. The van der Waals surface area contributed by atoms with Crippen molar-refractivity contribution in [3.8, 4) is 0 Å². The summed E-state index contributed by atoms with van der Waals surface area (Å²) in [5.74, 6) is 1.74. The maximum atomic E-state index is 6.08. The van der Waals surface area contributed by atoms with Crippen LogP contribution >= 0.6 is 0 Å². The fourth-order valence-electron chi connectivity index (χ4n) is 5.10. The van der Waals surface area contributed by atoms with Gasteiger partial charge in [-0.25, -0.2) is 0 Å². The SMILES string of the molecule is CCOCCC(COCC)(C1CCCCC1)C1CCCCC1. The van der Waals surface area contributed by atoms with Crippen LogP contribution in [0.4, 0.5) is 0 Å². The van der Waals surface area contributed by atoms with Gasteiger partial charge in [0.25, 0.3) is 0 Å². The summed E-state index contributed by atoms with van der Waals surface area (Å²) in [6.45, 7) is 7.87. The van der Waals surface area contributed by atoms with Gasteiger partial charge in [0, 0.05) is 25.2 Å². The van der Waals surface area contributed by atoms with E-state index in [1.54, 1.807) is 0 Å². The molecule has 0 aromatic heterocycles. The first-order valence-electron chi connectivity index (χ1n) is 9.99. The number of rotatable bonds is 9. The summed E-state index contributed by atoms with van der Waals surface area (Å²) < 4.78 is 11.9. The minimum atomic E-state index is 0.395. The van der Waals surface area contributed by atoms with Crippen LogP contribution in [0, 0.1) is 17.3 Å². The molecule has 2 nitrogen and oxygen atoms in total. The fraction of sp³-hybridized carbons (Fsp3) is 1.00. The molecule has 0 amide bonds. The molecule has 0 heterocycles. The van der Waals surface area contributed by atoms with E-state index in [4.69, 9.17) is 9.47 Å². The van der Waals surface area contributed by atoms with Crippen molar-refractivity contribution in [1.82, 2.24) is 0 Å². The summed E-state index contributed by atoms with van der Waals surface area (Å²) in [7, 11) is 0. The molecule has 0 unspecified atom stereocenters. The summed E-state index contributed by atoms with van der Waals surface area (Å²) in [5, 5.41) is 0. The molecule has 2 saturated carbocycles. The second-order valence-electron chi connectivity index (χ2n) is 7.49. The molecule has 0 N–H and O–H groups in total. The first-order valence-corrected chi connectivity index (χ1v) is 9.99. The molecule has 2 heteroatoms. The molecule has 0 radical (unpaired) electrons. The summed E-state index contributed by atoms with van der Waals surface area (Å²) in [4.78, 5) is 0. The van der Waals surface area contributed by atoms with Crippen LogP contribution in [0.25, 0.3) is 0 Å². The molecule has 2 aliphatic rings. The molecule has 2 fully saturated rings. The van der Waals surface area contributed by atoms with Gasteiger partial charge in [-0.1, -0.05) is 38.5 Å². The lowest BCUT2D eigenvalue weighted by atomic mass is 9.58. The van der Waals surface area contributed by atoms with Crippen LogP contribution in [-0.4, -0.2) is 26.4 Å². The maximum absolute atomic E-state index is 6.08. The third-order valence-corrected chi connectivity index (χ3v) is 6.33. The predicted octanol–water partition coefficient (Wildman–Crippen LogP) is 5.60. The Morgan fingerprint density at radius 3 is 1.68 bits per heavy atom. The van der Waals surface area contributed by atoms with Gasteiger partial charge in [-0.2, -0.15) is 0 Å². The lowest BCUT2D eigenvalue weighted by Crippen LogP contribution is -2.45. The highest BCUT2D eigenvalue weighted by atomic mass is 16.5. The molecule has 0 aromatic rings. The van der Waals surface area contributed by atoms with Crippen molar-refractivity contribution in [2.24, 2.45) is 17.3 Å². The van der Waals surface area contributed by atoms with E-state index < -0.39 is 0 Å². The Bertz CT molecular complexity index is 259. The third kappa shape index (κ3) is 4.71. The molecule has 0 aliphatic heterocycles. The molecule has 0 atom stereocenters. The van der Waals surface area contributed by atoms with Crippen molar-refractivity contribution < 1.29 is 9.47 Å². The smallest absolute Gasteiger partial charge is 0.0528 e. The van der Waals surface area contributed by atoms with Gasteiger partial charge in [0.05, 0.1) is 6.61 Å². The van der Waals surface area contributed by atoms with Crippen molar-refractivity contribution in [3.05, 3.63) is 0 Å². The van der Waals surface area contributed by atoms with Crippen LogP contribution in [0.5, 0.6) is 0 Å². The third-order valence-electron chi connectivity index (χ3n) is 6.33. The van der Waals surface area contributed by atoms with E-state index in [9.17, 15) is 0 Å². The van der Waals surface area contributed by atoms with Crippen molar-refractivity contribution in [3.63, 3.8) is 0 Å². The molecule has 0 saturated heterocycles. The van der Waals surface area contributed by atoms with Crippen LogP contribution in [0.1, 0.15) is 84.5 Å². The van der Waals surface area contributed by atoms with Crippen molar-refractivity contribution >= 4 is 0 Å². The summed E-state index contributed by atoms with van der Waals surface area (Å²) >= 11 is 0. The van der Waals surface area contributed by atoms with E-state index in [-0.39, 0.29) is 0 Å². The zero-order chi connectivity index (χ0) is 15.7. The monoisotopic (exact) mass is 310 g/mol. The van der Waals surface area contributed by atoms with E-state index in [2.05, 4.69) is 13.8 Å². The average Bonchev–Trinajstić information content (AvgIpc) is 2.60. The van der Waals surface area contributed by atoms with Gasteiger partial charge in [0.2, 0.25) is 0 Å². The normalized spacial score (nSPS) is 22.1. The molecule has 0 aromatic carbocycles. The number of hydrogen-bond donors (Lipinski definition) is 0. The van der Waals surface area contributed by atoms with E-state index in [1.807, 2.05) is 0 Å². The van der Waals surface area contributed by atoms with Crippen molar-refractivity contribution in [2.75, 3.05) is 26.4 Å². The standard InChI is InChI=1S/C20H38O2/c1-3-21-16-15-20(17-22-4-2,18-11-7-5-8-12-18)19-13-9-6-10-14-19/h18-19H,3-17H2,1-2H3. The van der Waals surface area contributed by atoms with Gasteiger partial charge in [-0.3, -0.25) is 0 Å². The van der Waals surface area contributed by atoms with Gasteiger partial charge in [-0.05, 0) is 57.8 Å². The lowest BCUT2D eigenvalue weighted by molar-refractivity contribution is -0.0739. The van der Waals surface area contributed by atoms with Crippen LogP contribution < -0.4 is 0 Å².